The van der Waals surface area contributed by atoms with Gasteiger partial charge in [-0.05, 0) is 18.2 Å². The van der Waals surface area contributed by atoms with Gasteiger partial charge in [-0.3, -0.25) is 5.32 Å². The number of anilines is 1. The summed E-state index contributed by atoms with van der Waals surface area (Å²) in [4.78, 5) is 11.2. The lowest BCUT2D eigenvalue weighted by Gasteiger charge is -2.44. The molecule has 0 aromatic heterocycles. The van der Waals surface area contributed by atoms with Crippen molar-refractivity contribution >= 4 is 35.0 Å². The molecule has 3 heterocycles. The minimum atomic E-state index is -2.36. The number of aliphatic hydroxyl groups is 11. The Morgan fingerprint density at radius 2 is 1.44 bits per heavy atom. The van der Waals surface area contributed by atoms with E-state index in [1.54, 1.807) is 24.3 Å². The van der Waals surface area contributed by atoms with Crippen LogP contribution in [0, 0.1) is 11.8 Å². The number of alkyl halides is 1. The van der Waals surface area contributed by atoms with E-state index in [0.717, 1.165) is 0 Å². The van der Waals surface area contributed by atoms with Gasteiger partial charge in [-0.1, -0.05) is 29.5 Å². The number of ether oxygens (including phenoxy) is 6. The van der Waals surface area contributed by atoms with Crippen molar-refractivity contribution in [3.63, 3.8) is 0 Å². The molecule has 0 aliphatic carbocycles. The number of hydrogen-bond acceptors (Lipinski definition) is 18. The van der Waals surface area contributed by atoms with Gasteiger partial charge in [0, 0.05) is 10.7 Å². The van der Waals surface area contributed by atoms with Crippen LogP contribution in [0.3, 0.4) is 0 Å². The first-order valence-electron chi connectivity index (χ1n) is 15.0. The third-order valence-electron chi connectivity index (χ3n) is 7.70. The zero-order valence-corrected chi connectivity index (χ0v) is 27.6. The van der Waals surface area contributed by atoms with Crippen LogP contribution in [0.2, 0.25) is 5.02 Å². The molecule has 1 aromatic carbocycles. The van der Waals surface area contributed by atoms with Crippen LogP contribution >= 0.6 is 23.2 Å². The number of amides is 1. The Hall–Kier alpha value is -2.01. The van der Waals surface area contributed by atoms with Crippen molar-refractivity contribution in [3.8, 4) is 11.8 Å². The van der Waals surface area contributed by atoms with Gasteiger partial charge in [0.2, 0.25) is 5.79 Å². The number of rotatable bonds is 10. The van der Waals surface area contributed by atoms with Crippen LogP contribution in [-0.2, 0) is 28.4 Å². The number of halogens is 2. The molecular weight excluding hydrogens is 721 g/mol. The van der Waals surface area contributed by atoms with Crippen molar-refractivity contribution in [3.05, 3.63) is 29.3 Å². The van der Waals surface area contributed by atoms with E-state index >= 15 is 0 Å². The summed E-state index contributed by atoms with van der Waals surface area (Å²) in [5, 5.41) is 112. The molecule has 1 aromatic rings. The maximum Gasteiger partial charge on any atom is 0.412 e. The predicted molar refractivity (Wildman–Crippen MR) is 166 cm³/mol. The molecule has 284 valence electrons. The molecule has 0 saturated carbocycles. The van der Waals surface area contributed by atoms with Crippen molar-refractivity contribution in [1.82, 2.24) is 0 Å². The molecule has 3 fully saturated rings. The van der Waals surface area contributed by atoms with Gasteiger partial charge in [0.25, 0.3) is 0 Å². The van der Waals surface area contributed by atoms with Crippen LogP contribution in [0.5, 0.6) is 0 Å². The van der Waals surface area contributed by atoms with Crippen LogP contribution in [-0.4, -0.2) is 187 Å². The number of benzene rings is 1. The first kappa shape index (κ1) is 42.4. The highest BCUT2D eigenvalue weighted by molar-refractivity contribution is 6.30. The van der Waals surface area contributed by atoms with Crippen LogP contribution in [0.25, 0.3) is 0 Å². The van der Waals surface area contributed by atoms with Crippen LogP contribution in [0.4, 0.5) is 10.5 Å². The van der Waals surface area contributed by atoms with Crippen molar-refractivity contribution < 1.29 is 89.4 Å². The topological polar surface area (TPSA) is 307 Å². The standard InChI is InChI=1S/C18H32O16.C11H9Cl2NO2/c19-1-5-8(22)11(25)13(27)16(31-5)30-3-7-9(23)12(26)14(28)17(32-7)34-18(4-21)15(29)10(24)6(2-20)33-18;12-6-1-2-7-16-11(15)14-10-5-3-4-9(13)8-10/h5-17,19-29H,1-4H2;3-5,8H,6-7H2,(H,14,15)/t5-,6-,7-,8+,9-,10-,11+,12+,13-,14-,15+,16+,17-,18+;/m1./s1. The Morgan fingerprint density at radius 1 is 0.820 bits per heavy atom. The number of carbonyl (C=O) groups excluding carboxylic acids is 1. The molecule has 12 N–H and O–H groups in total. The maximum absolute atomic E-state index is 11.2. The number of carbonyl (C=O) groups is 1. The molecule has 4 rings (SSSR count). The quantitative estimate of drug-likeness (QED) is 0.0791. The third kappa shape index (κ3) is 10.5. The molecule has 50 heavy (non-hydrogen) atoms. The Balaban J connectivity index is 0.000000354. The third-order valence-corrected chi connectivity index (χ3v) is 8.07. The molecule has 0 spiro atoms. The summed E-state index contributed by atoms with van der Waals surface area (Å²) in [5.74, 6) is 3.00. The van der Waals surface area contributed by atoms with E-state index in [4.69, 9.17) is 51.6 Å². The predicted octanol–water partition coefficient (Wildman–Crippen LogP) is -4.44. The van der Waals surface area contributed by atoms with E-state index < -0.39 is 118 Å². The molecule has 14 atom stereocenters. The van der Waals surface area contributed by atoms with Crippen LogP contribution in [0.15, 0.2) is 24.3 Å². The van der Waals surface area contributed by atoms with Gasteiger partial charge in [0.05, 0.1) is 25.7 Å². The van der Waals surface area contributed by atoms with Crippen LogP contribution < -0.4 is 5.32 Å². The summed E-state index contributed by atoms with van der Waals surface area (Å²) < 4.78 is 31.2. The Kier molecular flexibility index (Phi) is 16.7. The molecule has 19 nitrogen and oxygen atoms in total. The van der Waals surface area contributed by atoms with E-state index in [1.807, 2.05) is 0 Å². The molecule has 0 bridgehead atoms. The molecule has 0 radical (unpaired) electrons. The summed E-state index contributed by atoms with van der Waals surface area (Å²) >= 11 is 11.1. The normalized spacial score (nSPS) is 38.3. The zero-order valence-electron chi connectivity index (χ0n) is 26.1. The van der Waals surface area contributed by atoms with E-state index in [1.165, 1.54) is 0 Å². The minimum absolute atomic E-state index is 0.0130. The second kappa shape index (κ2) is 19.7. The lowest BCUT2D eigenvalue weighted by atomic mass is 9.98. The van der Waals surface area contributed by atoms with Crippen molar-refractivity contribution in [1.29, 1.82) is 0 Å². The molecule has 21 heteroatoms. The monoisotopic (exact) mass is 761 g/mol. The van der Waals surface area contributed by atoms with Gasteiger partial charge in [0.1, 0.15) is 73.8 Å². The zero-order chi connectivity index (χ0) is 37.2. The summed E-state index contributed by atoms with van der Waals surface area (Å²) in [6.07, 6.45) is -22.3. The Labute approximate surface area is 295 Å². The summed E-state index contributed by atoms with van der Waals surface area (Å²) in [6.45, 7) is -3.13. The molecule has 3 aliphatic heterocycles. The van der Waals surface area contributed by atoms with Crippen molar-refractivity contribution in [2.24, 2.45) is 0 Å². The smallest absolute Gasteiger partial charge is 0.412 e. The highest BCUT2D eigenvalue weighted by Crippen LogP contribution is 2.36. The molecule has 0 unspecified atom stereocenters. The maximum atomic E-state index is 11.2. The van der Waals surface area contributed by atoms with Crippen molar-refractivity contribution in [2.45, 2.75) is 85.5 Å². The molecule has 3 aliphatic rings. The molecule has 1 amide bonds. The first-order valence-corrected chi connectivity index (χ1v) is 15.9. The summed E-state index contributed by atoms with van der Waals surface area (Å²) in [7, 11) is 0. The lowest BCUT2D eigenvalue weighted by Crippen LogP contribution is -2.63. The molecule has 3 saturated heterocycles. The number of hydrogen-bond donors (Lipinski definition) is 12. The fraction of sp³-hybridized carbons (Fsp3) is 0.690. The van der Waals surface area contributed by atoms with Gasteiger partial charge in [-0.15, -0.1) is 11.6 Å². The van der Waals surface area contributed by atoms with E-state index in [-0.39, 0.29) is 12.5 Å². The van der Waals surface area contributed by atoms with E-state index in [2.05, 4.69) is 17.2 Å². The average molecular weight is 763 g/mol. The van der Waals surface area contributed by atoms with Gasteiger partial charge < -0.3 is 84.6 Å². The van der Waals surface area contributed by atoms with Gasteiger partial charge in [0.15, 0.2) is 19.2 Å². The SMILES string of the molecule is O=C(Nc1cccc(Cl)c1)OCC#CCCl.OC[C@H]1O[C@H](OC[C@H]2O[C@H](O[C@]3(CO)O[C@H](CO)[C@@H](O)[C@@H]3O)[C@H](O)[C@@H](O)[C@@H]2O)[C@H](O)[C@@H](O)[C@H]1O. The van der Waals surface area contributed by atoms with Gasteiger partial charge >= 0.3 is 6.09 Å². The highest BCUT2D eigenvalue weighted by atomic mass is 35.5. The Morgan fingerprint density at radius 3 is 2.02 bits per heavy atom. The second-order valence-corrected chi connectivity index (χ2v) is 11.8. The minimum Gasteiger partial charge on any atom is -0.436 e. The highest BCUT2D eigenvalue weighted by Gasteiger charge is 2.58. The fourth-order valence-electron chi connectivity index (χ4n) is 4.93. The second-order valence-electron chi connectivity index (χ2n) is 11.1. The largest absolute Gasteiger partial charge is 0.436 e. The van der Waals surface area contributed by atoms with E-state index in [9.17, 15) is 61.0 Å². The van der Waals surface area contributed by atoms with Gasteiger partial charge in [-0.2, -0.15) is 0 Å². The van der Waals surface area contributed by atoms with Crippen molar-refractivity contribution in [2.75, 3.05) is 44.2 Å². The van der Waals surface area contributed by atoms with Gasteiger partial charge in [-0.25, -0.2) is 4.79 Å². The number of nitrogens with one attached hydrogen (secondary N) is 1. The van der Waals surface area contributed by atoms with Crippen LogP contribution in [0.1, 0.15) is 0 Å². The summed E-state index contributed by atoms with van der Waals surface area (Å²) in [5.41, 5.74) is 0.572. The fourth-order valence-corrected chi connectivity index (χ4v) is 5.22. The first-order chi connectivity index (χ1) is 23.7. The number of aliphatic hydroxyl groups excluding tert-OH is 11. The van der Waals surface area contributed by atoms with E-state index in [0.29, 0.717) is 10.7 Å². The summed E-state index contributed by atoms with van der Waals surface area (Å²) in [6, 6.07) is 6.76. The average Bonchev–Trinajstić information content (AvgIpc) is 3.34. The molecular formula is C29H41Cl2NO18. The Bertz CT molecular complexity index is 1270. The lowest BCUT2D eigenvalue weighted by molar-refractivity contribution is -0.388.